The topological polar surface area (TPSA) is 110 Å². The monoisotopic (exact) mass is 383 g/mol. The van der Waals surface area contributed by atoms with Gasteiger partial charge in [0.1, 0.15) is 5.82 Å². The van der Waals surface area contributed by atoms with Crippen molar-refractivity contribution < 1.29 is 8.42 Å². The van der Waals surface area contributed by atoms with Crippen LogP contribution in [0.25, 0.3) is 0 Å². The van der Waals surface area contributed by atoms with Crippen LogP contribution in [0.3, 0.4) is 0 Å². The van der Waals surface area contributed by atoms with Crippen LogP contribution in [0.4, 0.5) is 17.5 Å². The summed E-state index contributed by atoms with van der Waals surface area (Å²) in [4.78, 5) is 8.81. The van der Waals surface area contributed by atoms with Gasteiger partial charge >= 0.3 is 0 Å². The van der Waals surface area contributed by atoms with Gasteiger partial charge in [-0.1, -0.05) is 30.3 Å². The first-order valence-electron chi connectivity index (χ1n) is 8.43. The third-order valence-electron chi connectivity index (χ3n) is 4.02. The number of hydrogen-bond acceptors (Lipinski definition) is 6. The Kier molecular flexibility index (Phi) is 5.68. The van der Waals surface area contributed by atoms with Crippen molar-refractivity contribution in [2.45, 2.75) is 18.2 Å². The van der Waals surface area contributed by atoms with Crippen LogP contribution in [-0.2, 0) is 16.4 Å². The van der Waals surface area contributed by atoms with Crippen LogP contribution in [0.1, 0.15) is 11.1 Å². The normalized spacial score (nSPS) is 11.2. The molecular formula is C19H21N5O2S. The molecule has 1 heterocycles. The van der Waals surface area contributed by atoms with Crippen LogP contribution >= 0.6 is 0 Å². The highest BCUT2D eigenvalue weighted by Crippen LogP contribution is 2.18. The fourth-order valence-corrected chi connectivity index (χ4v) is 3.05. The molecule has 4 N–H and O–H groups in total. The molecule has 0 aliphatic carbocycles. The number of aromatic nitrogens is 2. The summed E-state index contributed by atoms with van der Waals surface area (Å²) < 4.78 is 22.5. The Morgan fingerprint density at radius 1 is 1.04 bits per heavy atom. The lowest BCUT2D eigenvalue weighted by atomic mass is 10.1. The molecule has 0 fully saturated rings. The molecule has 1 aromatic heterocycles. The highest BCUT2D eigenvalue weighted by molar-refractivity contribution is 7.89. The van der Waals surface area contributed by atoms with Gasteiger partial charge in [-0.15, -0.1) is 0 Å². The van der Waals surface area contributed by atoms with Crippen LogP contribution in [0, 0.1) is 6.92 Å². The molecule has 27 heavy (non-hydrogen) atoms. The molecule has 3 rings (SSSR count). The zero-order chi connectivity index (χ0) is 19.3. The number of sulfonamides is 1. The van der Waals surface area contributed by atoms with Crippen molar-refractivity contribution in [3.05, 3.63) is 71.9 Å². The average Bonchev–Trinajstić information content (AvgIpc) is 2.64. The van der Waals surface area contributed by atoms with Gasteiger partial charge in [0, 0.05) is 18.4 Å². The van der Waals surface area contributed by atoms with E-state index < -0.39 is 10.0 Å². The molecule has 0 saturated carbocycles. The first-order chi connectivity index (χ1) is 12.9. The molecule has 140 valence electrons. The van der Waals surface area contributed by atoms with Gasteiger partial charge in [0.05, 0.1) is 4.90 Å². The summed E-state index contributed by atoms with van der Waals surface area (Å²) in [5.74, 6) is 1.23. The summed E-state index contributed by atoms with van der Waals surface area (Å²) in [6.07, 6.45) is 2.41. The molecule has 0 unspecified atom stereocenters. The second-order valence-corrected chi connectivity index (χ2v) is 7.63. The molecule has 7 nitrogen and oxygen atoms in total. The quantitative estimate of drug-likeness (QED) is 0.579. The van der Waals surface area contributed by atoms with Gasteiger partial charge in [0.2, 0.25) is 16.0 Å². The van der Waals surface area contributed by atoms with Gasteiger partial charge in [-0.05, 0) is 48.7 Å². The Bertz CT molecular complexity index is 1020. The third-order valence-corrected chi connectivity index (χ3v) is 4.95. The standard InChI is InChI=1S/C19H21N5O2S/c1-14-4-2-3-5-17(14)23-19-22-13-11-18(24-19)21-12-10-15-6-8-16(9-7-15)27(20,25)26/h2-9,11,13H,10,12H2,1H3,(H2,20,25,26)(H2,21,22,23,24). The van der Waals surface area contributed by atoms with Crippen molar-refractivity contribution in [1.29, 1.82) is 0 Å². The maximum Gasteiger partial charge on any atom is 0.238 e. The van der Waals surface area contributed by atoms with Crippen LogP contribution in [-0.4, -0.2) is 24.9 Å². The van der Waals surface area contributed by atoms with Crippen molar-refractivity contribution in [2.24, 2.45) is 5.14 Å². The fraction of sp³-hybridized carbons (Fsp3) is 0.158. The number of nitrogens with two attached hydrogens (primary N) is 1. The summed E-state index contributed by atoms with van der Waals surface area (Å²) in [5.41, 5.74) is 3.08. The molecule has 8 heteroatoms. The van der Waals surface area contributed by atoms with E-state index in [-0.39, 0.29) is 4.90 Å². The second kappa shape index (κ2) is 8.15. The Balaban J connectivity index is 1.58. The molecular weight excluding hydrogens is 362 g/mol. The van der Waals surface area contributed by atoms with Crippen LogP contribution in [0.5, 0.6) is 0 Å². The Morgan fingerprint density at radius 3 is 2.48 bits per heavy atom. The first kappa shape index (κ1) is 18.8. The van der Waals surface area contributed by atoms with Gasteiger partial charge in [-0.2, -0.15) is 4.98 Å². The van der Waals surface area contributed by atoms with Gasteiger partial charge in [0.25, 0.3) is 0 Å². The van der Waals surface area contributed by atoms with E-state index in [0.29, 0.717) is 18.3 Å². The minimum atomic E-state index is -3.66. The fourth-order valence-electron chi connectivity index (χ4n) is 2.53. The zero-order valence-electron chi connectivity index (χ0n) is 14.9. The van der Waals surface area contributed by atoms with E-state index in [2.05, 4.69) is 20.6 Å². The van der Waals surface area contributed by atoms with Gasteiger partial charge in [0.15, 0.2) is 0 Å². The number of nitrogens with one attached hydrogen (secondary N) is 2. The molecule has 0 spiro atoms. The second-order valence-electron chi connectivity index (χ2n) is 6.07. The molecule has 0 radical (unpaired) electrons. The van der Waals surface area contributed by atoms with Crippen LogP contribution in [0.15, 0.2) is 65.7 Å². The maximum absolute atomic E-state index is 11.3. The Morgan fingerprint density at radius 2 is 1.78 bits per heavy atom. The van der Waals surface area contributed by atoms with E-state index in [1.54, 1.807) is 24.4 Å². The highest BCUT2D eigenvalue weighted by Gasteiger charge is 2.07. The van der Waals surface area contributed by atoms with E-state index >= 15 is 0 Å². The first-order valence-corrected chi connectivity index (χ1v) is 9.98. The zero-order valence-corrected chi connectivity index (χ0v) is 15.7. The van der Waals surface area contributed by atoms with E-state index in [4.69, 9.17) is 5.14 Å². The molecule has 2 aromatic carbocycles. The number of hydrogen-bond donors (Lipinski definition) is 3. The van der Waals surface area contributed by atoms with Gasteiger partial charge in [-0.25, -0.2) is 18.5 Å². The smallest absolute Gasteiger partial charge is 0.238 e. The van der Waals surface area contributed by atoms with Gasteiger partial charge < -0.3 is 10.6 Å². The maximum atomic E-state index is 11.3. The summed E-state index contributed by atoms with van der Waals surface area (Å²) in [5, 5.41) is 11.6. The lowest BCUT2D eigenvalue weighted by molar-refractivity contribution is 0.598. The number of nitrogens with zero attached hydrogens (tertiary/aromatic N) is 2. The molecule has 0 atom stereocenters. The Labute approximate surface area is 158 Å². The molecule has 0 saturated heterocycles. The lowest BCUT2D eigenvalue weighted by Crippen LogP contribution is -2.12. The van der Waals surface area contributed by atoms with Gasteiger partial charge in [-0.3, -0.25) is 0 Å². The lowest BCUT2D eigenvalue weighted by Gasteiger charge is -2.10. The van der Waals surface area contributed by atoms with E-state index in [1.807, 2.05) is 31.2 Å². The molecule has 0 amide bonds. The number of para-hydroxylation sites is 1. The van der Waals surface area contributed by atoms with Crippen molar-refractivity contribution >= 4 is 27.5 Å². The van der Waals surface area contributed by atoms with E-state index in [1.165, 1.54) is 12.1 Å². The SMILES string of the molecule is Cc1ccccc1Nc1nccc(NCCc2ccc(S(N)(=O)=O)cc2)n1. The number of benzene rings is 2. The van der Waals surface area contributed by atoms with Crippen LogP contribution in [0.2, 0.25) is 0 Å². The summed E-state index contributed by atoms with van der Waals surface area (Å²) in [7, 11) is -3.66. The summed E-state index contributed by atoms with van der Waals surface area (Å²) in [6, 6.07) is 16.3. The number of rotatable bonds is 7. The van der Waals surface area contributed by atoms with Crippen LogP contribution < -0.4 is 15.8 Å². The predicted octanol–water partition coefficient (Wildman–Crippen LogP) is 2.83. The summed E-state index contributed by atoms with van der Waals surface area (Å²) >= 11 is 0. The number of primary sulfonamides is 1. The number of anilines is 3. The van der Waals surface area contributed by atoms with Crippen molar-refractivity contribution in [3.8, 4) is 0 Å². The predicted molar refractivity (Wildman–Crippen MR) is 107 cm³/mol. The largest absolute Gasteiger partial charge is 0.370 e. The van der Waals surface area contributed by atoms with E-state index in [9.17, 15) is 8.42 Å². The third kappa shape index (κ3) is 5.25. The summed E-state index contributed by atoms with van der Waals surface area (Å²) in [6.45, 7) is 2.67. The van der Waals surface area contributed by atoms with Crippen molar-refractivity contribution in [3.63, 3.8) is 0 Å². The number of aryl methyl sites for hydroxylation is 1. The van der Waals surface area contributed by atoms with E-state index in [0.717, 1.165) is 23.2 Å². The average molecular weight is 383 g/mol. The molecule has 0 aliphatic rings. The highest BCUT2D eigenvalue weighted by atomic mass is 32.2. The molecule has 0 aliphatic heterocycles. The Hall–Kier alpha value is -2.97. The van der Waals surface area contributed by atoms with Crippen molar-refractivity contribution in [1.82, 2.24) is 9.97 Å². The minimum absolute atomic E-state index is 0.113. The molecule has 0 bridgehead atoms. The minimum Gasteiger partial charge on any atom is -0.370 e. The van der Waals surface area contributed by atoms with Crippen molar-refractivity contribution in [2.75, 3.05) is 17.2 Å². The molecule has 3 aromatic rings.